The van der Waals surface area contributed by atoms with Crippen molar-refractivity contribution in [2.45, 2.75) is 20.8 Å². The number of aryl methyl sites for hydroxylation is 3. The molecule has 0 bridgehead atoms. The molecule has 1 heterocycles. The lowest BCUT2D eigenvalue weighted by Crippen LogP contribution is -2.11. The quantitative estimate of drug-likeness (QED) is 0.607. The van der Waals surface area contributed by atoms with E-state index in [9.17, 15) is 4.79 Å². The van der Waals surface area contributed by atoms with E-state index in [2.05, 4.69) is 59.1 Å². The van der Waals surface area contributed by atoms with Gasteiger partial charge in [-0.2, -0.15) is 0 Å². The number of hydrogen-bond acceptors (Lipinski definition) is 3. The number of halogens is 1. The molecule has 3 nitrogen and oxygen atoms in total. The van der Waals surface area contributed by atoms with E-state index in [1.807, 2.05) is 17.5 Å². The van der Waals surface area contributed by atoms with Crippen LogP contribution < -0.4 is 5.32 Å². The van der Waals surface area contributed by atoms with Crippen molar-refractivity contribution in [3.05, 3.63) is 68.5 Å². The maximum Gasteiger partial charge on any atom is 0.257 e. The summed E-state index contributed by atoms with van der Waals surface area (Å²) < 4.78 is 0.945. The van der Waals surface area contributed by atoms with E-state index in [1.165, 1.54) is 28.0 Å². The summed E-state index contributed by atoms with van der Waals surface area (Å²) in [5, 5.41) is 5.47. The van der Waals surface area contributed by atoms with Gasteiger partial charge in [-0.3, -0.25) is 10.1 Å². The zero-order valence-electron chi connectivity index (χ0n) is 13.7. The van der Waals surface area contributed by atoms with Crippen molar-refractivity contribution in [2.75, 3.05) is 5.32 Å². The molecule has 0 aliphatic rings. The summed E-state index contributed by atoms with van der Waals surface area (Å²) in [5.41, 5.74) is 6.29. The van der Waals surface area contributed by atoms with Crippen LogP contribution in [-0.4, -0.2) is 10.9 Å². The largest absolute Gasteiger partial charge is 0.298 e. The Morgan fingerprint density at radius 1 is 1.08 bits per heavy atom. The highest BCUT2D eigenvalue weighted by molar-refractivity contribution is 9.10. The van der Waals surface area contributed by atoms with Crippen molar-refractivity contribution in [3.63, 3.8) is 0 Å². The molecule has 0 radical (unpaired) electrons. The molecule has 24 heavy (non-hydrogen) atoms. The van der Waals surface area contributed by atoms with E-state index in [1.54, 1.807) is 12.1 Å². The first-order valence-electron chi connectivity index (χ1n) is 7.54. The molecule has 0 saturated heterocycles. The summed E-state index contributed by atoms with van der Waals surface area (Å²) in [6.07, 6.45) is 0. The van der Waals surface area contributed by atoms with E-state index in [0.29, 0.717) is 10.7 Å². The Morgan fingerprint density at radius 2 is 1.71 bits per heavy atom. The molecule has 0 fully saturated rings. The molecular weight excluding hydrogens is 384 g/mol. The third-order valence-corrected chi connectivity index (χ3v) is 5.05. The van der Waals surface area contributed by atoms with Gasteiger partial charge in [0.1, 0.15) is 0 Å². The van der Waals surface area contributed by atoms with E-state index in [0.717, 1.165) is 15.7 Å². The second-order valence-electron chi connectivity index (χ2n) is 5.77. The third-order valence-electron chi connectivity index (χ3n) is 3.76. The minimum Gasteiger partial charge on any atom is -0.298 e. The molecule has 0 aliphatic carbocycles. The highest BCUT2D eigenvalue weighted by Gasteiger charge is 2.13. The molecule has 0 spiro atoms. The van der Waals surface area contributed by atoms with Gasteiger partial charge in [0.05, 0.1) is 5.69 Å². The lowest BCUT2D eigenvalue weighted by molar-refractivity contribution is 0.102. The van der Waals surface area contributed by atoms with Gasteiger partial charge < -0.3 is 0 Å². The van der Waals surface area contributed by atoms with Gasteiger partial charge in [0, 0.05) is 21.0 Å². The molecule has 1 N–H and O–H groups in total. The van der Waals surface area contributed by atoms with Crippen LogP contribution in [0.1, 0.15) is 27.0 Å². The van der Waals surface area contributed by atoms with Gasteiger partial charge in [-0.05, 0) is 56.2 Å². The number of amides is 1. The predicted molar refractivity (Wildman–Crippen MR) is 104 cm³/mol. The number of carbonyl (C=O) groups excluding carboxylic acids is 1. The summed E-state index contributed by atoms with van der Waals surface area (Å²) in [5.74, 6) is -0.152. The predicted octanol–water partition coefficient (Wildman–Crippen LogP) is 5.75. The highest BCUT2D eigenvalue weighted by atomic mass is 79.9. The number of hydrogen-bond donors (Lipinski definition) is 1. The van der Waals surface area contributed by atoms with Crippen LogP contribution >= 0.6 is 27.3 Å². The van der Waals surface area contributed by atoms with Crippen LogP contribution in [-0.2, 0) is 0 Å². The van der Waals surface area contributed by atoms with Crippen molar-refractivity contribution >= 4 is 38.3 Å². The molecule has 0 atom stereocenters. The van der Waals surface area contributed by atoms with Crippen molar-refractivity contribution < 1.29 is 4.79 Å². The van der Waals surface area contributed by atoms with E-state index in [-0.39, 0.29) is 5.91 Å². The number of benzene rings is 2. The monoisotopic (exact) mass is 400 g/mol. The molecule has 0 aliphatic heterocycles. The van der Waals surface area contributed by atoms with E-state index >= 15 is 0 Å². The number of rotatable bonds is 3. The van der Waals surface area contributed by atoms with Gasteiger partial charge in [-0.25, -0.2) is 4.98 Å². The van der Waals surface area contributed by atoms with Crippen LogP contribution in [0.25, 0.3) is 11.3 Å². The normalized spacial score (nSPS) is 10.7. The van der Waals surface area contributed by atoms with Gasteiger partial charge >= 0.3 is 0 Å². The smallest absolute Gasteiger partial charge is 0.257 e. The van der Waals surface area contributed by atoms with Gasteiger partial charge in [0.25, 0.3) is 5.91 Å². The van der Waals surface area contributed by atoms with Crippen LogP contribution in [0.2, 0.25) is 0 Å². The fourth-order valence-corrected chi connectivity index (χ4v) is 3.76. The van der Waals surface area contributed by atoms with Gasteiger partial charge in [-0.1, -0.05) is 33.6 Å². The topological polar surface area (TPSA) is 42.0 Å². The molecule has 3 rings (SSSR count). The number of anilines is 1. The van der Waals surface area contributed by atoms with Gasteiger partial charge in [-0.15, -0.1) is 11.3 Å². The maximum atomic E-state index is 12.3. The zero-order valence-corrected chi connectivity index (χ0v) is 16.1. The molecular formula is C19H17BrN2OS. The minimum absolute atomic E-state index is 0.152. The first-order chi connectivity index (χ1) is 11.4. The number of thiazole rings is 1. The molecule has 2 aromatic carbocycles. The first-order valence-corrected chi connectivity index (χ1v) is 9.22. The Bertz CT molecular complexity index is 877. The Balaban J connectivity index is 1.84. The first kappa shape index (κ1) is 16.9. The van der Waals surface area contributed by atoms with Crippen molar-refractivity contribution in [1.82, 2.24) is 4.98 Å². The Labute approximate surface area is 153 Å². The standard InChI is InChI=1S/C19H17BrN2OS/c1-11-8-12(2)17(13(3)9-11)16-10-24-19(21-16)22-18(23)14-4-6-15(20)7-5-14/h4-10H,1-3H3,(H,21,22,23). The van der Waals surface area contributed by atoms with Crippen LogP contribution in [0.15, 0.2) is 46.3 Å². The summed E-state index contributed by atoms with van der Waals surface area (Å²) in [6, 6.07) is 11.6. The fraction of sp³-hybridized carbons (Fsp3) is 0.158. The van der Waals surface area contributed by atoms with Gasteiger partial charge in [0.2, 0.25) is 0 Å². The number of aromatic nitrogens is 1. The lowest BCUT2D eigenvalue weighted by atomic mass is 9.98. The third kappa shape index (κ3) is 3.57. The molecule has 1 amide bonds. The minimum atomic E-state index is -0.152. The summed E-state index contributed by atoms with van der Waals surface area (Å²) >= 11 is 4.81. The molecule has 0 saturated carbocycles. The number of carbonyl (C=O) groups is 1. The number of nitrogens with one attached hydrogen (secondary N) is 1. The van der Waals surface area contributed by atoms with E-state index in [4.69, 9.17) is 0 Å². The second-order valence-corrected chi connectivity index (χ2v) is 7.55. The maximum absolute atomic E-state index is 12.3. The second kappa shape index (κ2) is 6.87. The number of nitrogens with zero attached hydrogens (tertiary/aromatic N) is 1. The zero-order chi connectivity index (χ0) is 17.3. The Morgan fingerprint density at radius 3 is 2.33 bits per heavy atom. The van der Waals surface area contributed by atoms with Crippen LogP contribution in [0.3, 0.4) is 0 Å². The Hall–Kier alpha value is -1.98. The van der Waals surface area contributed by atoms with Crippen molar-refractivity contribution in [3.8, 4) is 11.3 Å². The molecule has 3 aromatic rings. The average Bonchev–Trinajstić information content (AvgIpc) is 2.95. The highest BCUT2D eigenvalue weighted by Crippen LogP contribution is 2.31. The molecule has 0 unspecified atom stereocenters. The van der Waals surface area contributed by atoms with Crippen LogP contribution in [0.4, 0.5) is 5.13 Å². The Kier molecular flexibility index (Phi) is 4.83. The fourth-order valence-electron chi connectivity index (χ4n) is 2.80. The van der Waals surface area contributed by atoms with E-state index < -0.39 is 0 Å². The molecule has 5 heteroatoms. The van der Waals surface area contributed by atoms with Gasteiger partial charge in [0.15, 0.2) is 5.13 Å². The SMILES string of the molecule is Cc1cc(C)c(-c2csc(NC(=O)c3ccc(Br)cc3)n2)c(C)c1. The van der Waals surface area contributed by atoms with Crippen molar-refractivity contribution in [2.24, 2.45) is 0 Å². The summed E-state index contributed by atoms with van der Waals surface area (Å²) in [4.78, 5) is 16.9. The van der Waals surface area contributed by atoms with Crippen LogP contribution in [0, 0.1) is 20.8 Å². The molecule has 122 valence electrons. The summed E-state index contributed by atoms with van der Waals surface area (Å²) in [7, 11) is 0. The van der Waals surface area contributed by atoms with Crippen LogP contribution in [0.5, 0.6) is 0 Å². The molecule has 1 aromatic heterocycles. The lowest BCUT2D eigenvalue weighted by Gasteiger charge is -2.08. The average molecular weight is 401 g/mol. The van der Waals surface area contributed by atoms with Crippen molar-refractivity contribution in [1.29, 1.82) is 0 Å². The summed E-state index contributed by atoms with van der Waals surface area (Å²) in [6.45, 7) is 6.28.